The van der Waals surface area contributed by atoms with Gasteiger partial charge in [0.05, 0.1) is 11.7 Å². The molecule has 3 heterocycles. The fourth-order valence-corrected chi connectivity index (χ4v) is 3.49. The molecule has 7 heteroatoms. The molecular weight excluding hydrogens is 306 g/mol. The fraction of sp³-hybridized carbons (Fsp3) is 0.588. The molecule has 24 heavy (non-hydrogen) atoms. The number of piperidine rings is 1. The zero-order valence-corrected chi connectivity index (χ0v) is 14.5. The number of carbonyl (C=O) groups is 1. The lowest BCUT2D eigenvalue weighted by Crippen LogP contribution is -2.45. The van der Waals surface area contributed by atoms with Crippen molar-refractivity contribution in [3.8, 4) is 0 Å². The van der Waals surface area contributed by atoms with Crippen LogP contribution in [0.25, 0.3) is 0 Å². The van der Waals surface area contributed by atoms with Crippen molar-refractivity contribution in [2.45, 2.75) is 52.0 Å². The molecule has 0 saturated carbocycles. The Morgan fingerprint density at radius 2 is 2.21 bits per heavy atom. The number of hydrogen-bond acceptors (Lipinski definition) is 4. The summed E-state index contributed by atoms with van der Waals surface area (Å²) in [5.41, 5.74) is 3.01. The molecule has 0 bridgehead atoms. The van der Waals surface area contributed by atoms with E-state index in [2.05, 4.69) is 27.6 Å². The molecule has 0 spiro atoms. The summed E-state index contributed by atoms with van der Waals surface area (Å²) >= 11 is 0. The molecule has 130 valence electrons. The number of aryl methyl sites for hydroxylation is 2. The number of amides is 2. The zero-order chi connectivity index (χ0) is 17.1. The second-order valence-electron chi connectivity index (χ2n) is 6.42. The summed E-state index contributed by atoms with van der Waals surface area (Å²) in [7, 11) is 0. The minimum absolute atomic E-state index is 0.00934. The van der Waals surface area contributed by atoms with Gasteiger partial charge in [0.2, 0.25) is 0 Å². The van der Waals surface area contributed by atoms with E-state index in [0.29, 0.717) is 5.92 Å². The van der Waals surface area contributed by atoms with Crippen LogP contribution in [0.2, 0.25) is 0 Å². The Bertz CT molecular complexity index is 652. The molecule has 0 radical (unpaired) electrons. The van der Waals surface area contributed by atoms with Crippen molar-refractivity contribution in [1.29, 1.82) is 0 Å². The lowest BCUT2D eigenvalue weighted by Gasteiger charge is -2.32. The minimum atomic E-state index is -0.0610. The number of nitrogens with one attached hydrogen (secondary N) is 2. The van der Waals surface area contributed by atoms with Gasteiger partial charge in [0.1, 0.15) is 5.76 Å². The van der Waals surface area contributed by atoms with Gasteiger partial charge in [0.25, 0.3) is 0 Å². The predicted octanol–water partition coefficient (Wildman–Crippen LogP) is 3.05. The largest absolute Gasteiger partial charge is 0.361 e. The summed E-state index contributed by atoms with van der Waals surface area (Å²) in [6, 6.07) is 1.95. The Morgan fingerprint density at radius 1 is 1.46 bits per heavy atom. The van der Waals surface area contributed by atoms with E-state index in [1.807, 2.05) is 24.8 Å². The number of carbonyl (C=O) groups excluding carboxylic acids is 1. The van der Waals surface area contributed by atoms with Gasteiger partial charge in [-0.2, -0.15) is 5.10 Å². The molecule has 3 rings (SSSR count). The molecule has 0 aliphatic carbocycles. The quantitative estimate of drug-likeness (QED) is 0.901. The van der Waals surface area contributed by atoms with Gasteiger partial charge in [0, 0.05) is 36.5 Å². The van der Waals surface area contributed by atoms with E-state index in [4.69, 9.17) is 4.52 Å². The van der Waals surface area contributed by atoms with Gasteiger partial charge in [-0.25, -0.2) is 4.79 Å². The van der Waals surface area contributed by atoms with E-state index in [-0.39, 0.29) is 12.1 Å². The van der Waals surface area contributed by atoms with Gasteiger partial charge in [-0.15, -0.1) is 0 Å². The Hall–Kier alpha value is -2.31. The topological polar surface area (TPSA) is 87.0 Å². The highest BCUT2D eigenvalue weighted by molar-refractivity contribution is 5.75. The van der Waals surface area contributed by atoms with Gasteiger partial charge in [-0.3, -0.25) is 5.10 Å². The SMILES string of the molecule is CC[C@H](NC(=O)N1CCC(c2ccn[nH]2)CC1)c1c(C)noc1C. The van der Waals surface area contributed by atoms with Gasteiger partial charge < -0.3 is 14.7 Å². The van der Waals surface area contributed by atoms with Crippen LogP contribution < -0.4 is 5.32 Å². The second kappa shape index (κ2) is 7.07. The standard InChI is InChI=1S/C17H25N5O2/c1-4-14(16-11(2)21-24-12(16)3)19-17(23)22-9-6-13(7-10-22)15-5-8-18-20-15/h5,8,13-14H,4,6-7,9-10H2,1-3H3,(H,18,20)(H,19,23)/t14-/m0/s1. The van der Waals surface area contributed by atoms with Crippen LogP contribution in [-0.4, -0.2) is 39.4 Å². The second-order valence-corrected chi connectivity index (χ2v) is 6.42. The third-order valence-corrected chi connectivity index (χ3v) is 4.89. The van der Waals surface area contributed by atoms with Crippen molar-refractivity contribution in [2.24, 2.45) is 0 Å². The summed E-state index contributed by atoms with van der Waals surface area (Å²) in [5.74, 6) is 1.23. The molecule has 2 amide bonds. The van der Waals surface area contributed by atoms with Crippen LogP contribution in [0, 0.1) is 13.8 Å². The summed E-state index contributed by atoms with van der Waals surface area (Å²) in [5, 5.41) is 14.2. The number of aromatic nitrogens is 3. The first kappa shape index (κ1) is 16.5. The Kier molecular flexibility index (Phi) is 4.87. The third kappa shape index (κ3) is 3.29. The monoisotopic (exact) mass is 331 g/mol. The molecule has 2 aromatic rings. The lowest BCUT2D eigenvalue weighted by atomic mass is 9.94. The van der Waals surface area contributed by atoms with Crippen molar-refractivity contribution in [1.82, 2.24) is 25.6 Å². The summed E-state index contributed by atoms with van der Waals surface area (Å²) in [4.78, 5) is 14.5. The number of hydrogen-bond donors (Lipinski definition) is 2. The number of urea groups is 1. The van der Waals surface area contributed by atoms with E-state index in [1.54, 1.807) is 6.20 Å². The average Bonchev–Trinajstić information content (AvgIpc) is 3.24. The number of H-pyrrole nitrogens is 1. The maximum absolute atomic E-state index is 12.6. The van der Waals surface area contributed by atoms with Gasteiger partial charge >= 0.3 is 6.03 Å². The van der Waals surface area contributed by atoms with Crippen molar-refractivity contribution in [3.63, 3.8) is 0 Å². The highest BCUT2D eigenvalue weighted by Gasteiger charge is 2.27. The maximum Gasteiger partial charge on any atom is 0.317 e. The van der Waals surface area contributed by atoms with E-state index in [1.165, 1.54) is 0 Å². The van der Waals surface area contributed by atoms with Gasteiger partial charge in [-0.05, 0) is 39.2 Å². The van der Waals surface area contributed by atoms with Crippen molar-refractivity contribution >= 4 is 6.03 Å². The van der Waals surface area contributed by atoms with Gasteiger partial charge in [0.15, 0.2) is 0 Å². The Labute approximate surface area is 141 Å². The minimum Gasteiger partial charge on any atom is -0.361 e. The van der Waals surface area contributed by atoms with Crippen LogP contribution in [0.3, 0.4) is 0 Å². The molecular formula is C17H25N5O2. The number of aromatic amines is 1. The molecule has 2 N–H and O–H groups in total. The molecule has 2 aromatic heterocycles. The van der Waals surface area contributed by atoms with Gasteiger partial charge in [-0.1, -0.05) is 12.1 Å². The van der Waals surface area contributed by atoms with Crippen molar-refractivity contribution < 1.29 is 9.32 Å². The maximum atomic E-state index is 12.6. The van der Waals surface area contributed by atoms with Crippen LogP contribution in [0.15, 0.2) is 16.8 Å². The van der Waals surface area contributed by atoms with Crippen LogP contribution >= 0.6 is 0 Å². The molecule has 7 nitrogen and oxygen atoms in total. The molecule has 1 saturated heterocycles. The van der Waals surface area contributed by atoms with Crippen LogP contribution in [0.5, 0.6) is 0 Å². The number of rotatable bonds is 4. The first-order valence-corrected chi connectivity index (χ1v) is 8.57. The highest BCUT2D eigenvalue weighted by Crippen LogP contribution is 2.27. The third-order valence-electron chi connectivity index (χ3n) is 4.89. The van der Waals surface area contributed by atoms with Crippen molar-refractivity contribution in [3.05, 3.63) is 35.0 Å². The van der Waals surface area contributed by atoms with Crippen LogP contribution in [-0.2, 0) is 0 Å². The molecule has 1 atom stereocenters. The first-order chi connectivity index (χ1) is 11.6. The zero-order valence-electron chi connectivity index (χ0n) is 14.5. The molecule has 1 fully saturated rings. The first-order valence-electron chi connectivity index (χ1n) is 8.57. The van der Waals surface area contributed by atoms with E-state index in [9.17, 15) is 4.79 Å². The smallest absolute Gasteiger partial charge is 0.317 e. The lowest BCUT2D eigenvalue weighted by molar-refractivity contribution is 0.176. The molecule has 1 aliphatic heterocycles. The van der Waals surface area contributed by atoms with E-state index >= 15 is 0 Å². The van der Waals surface area contributed by atoms with Crippen LogP contribution in [0.1, 0.15) is 60.9 Å². The normalized spacial score (nSPS) is 17.0. The summed E-state index contributed by atoms with van der Waals surface area (Å²) in [6.45, 7) is 7.37. The molecule has 0 aromatic carbocycles. The number of likely N-dealkylation sites (tertiary alicyclic amines) is 1. The molecule has 1 aliphatic rings. The average molecular weight is 331 g/mol. The highest BCUT2D eigenvalue weighted by atomic mass is 16.5. The van der Waals surface area contributed by atoms with Crippen LogP contribution in [0.4, 0.5) is 4.79 Å². The Morgan fingerprint density at radius 3 is 2.75 bits per heavy atom. The fourth-order valence-electron chi connectivity index (χ4n) is 3.49. The summed E-state index contributed by atoms with van der Waals surface area (Å²) < 4.78 is 5.24. The van der Waals surface area contributed by atoms with E-state index < -0.39 is 0 Å². The van der Waals surface area contributed by atoms with Crippen molar-refractivity contribution in [2.75, 3.05) is 13.1 Å². The Balaban J connectivity index is 1.59. The van der Waals surface area contributed by atoms with E-state index in [0.717, 1.165) is 55.1 Å². The predicted molar refractivity (Wildman–Crippen MR) is 89.7 cm³/mol. The number of nitrogens with zero attached hydrogens (tertiary/aromatic N) is 3. The molecule has 0 unspecified atom stereocenters. The summed E-state index contributed by atoms with van der Waals surface area (Å²) in [6.07, 6.45) is 4.50.